The van der Waals surface area contributed by atoms with Gasteiger partial charge in [-0.2, -0.15) is 0 Å². The first-order valence-electron chi connectivity index (χ1n) is 5.02. The van der Waals surface area contributed by atoms with Crippen LogP contribution in [-0.4, -0.2) is 50.3 Å². The van der Waals surface area contributed by atoms with Gasteiger partial charge in [0.2, 0.25) is 0 Å². The van der Waals surface area contributed by atoms with E-state index in [4.69, 9.17) is 5.73 Å². The van der Waals surface area contributed by atoms with Gasteiger partial charge < -0.3 is 20.7 Å². The van der Waals surface area contributed by atoms with Crippen molar-refractivity contribution in [3.63, 3.8) is 0 Å². The number of ether oxygens (including phenoxy) is 1. The van der Waals surface area contributed by atoms with Crippen LogP contribution in [0.1, 0.15) is 12.8 Å². The predicted octanol–water partition coefficient (Wildman–Crippen LogP) is -0.234. The molecule has 14 heavy (non-hydrogen) atoms. The molecule has 0 aromatic heterocycles. The van der Waals surface area contributed by atoms with Crippen LogP contribution in [-0.2, 0) is 4.74 Å². The second-order valence-electron chi connectivity index (χ2n) is 3.72. The Labute approximate surface area is 84.6 Å². The maximum atomic E-state index is 10.3. The molecule has 1 aliphatic heterocycles. The molecule has 0 aromatic carbocycles. The van der Waals surface area contributed by atoms with E-state index in [1.165, 1.54) is 19.4 Å². The van der Waals surface area contributed by atoms with Crippen molar-refractivity contribution in [3.8, 4) is 0 Å². The zero-order valence-electron chi connectivity index (χ0n) is 8.66. The molecule has 1 fully saturated rings. The van der Waals surface area contributed by atoms with Gasteiger partial charge in [-0.15, -0.1) is 0 Å². The van der Waals surface area contributed by atoms with Gasteiger partial charge in [-0.05, 0) is 26.4 Å². The molecule has 1 amide bonds. The lowest BCUT2D eigenvalue weighted by Crippen LogP contribution is -2.45. The number of amides is 1. The Balaban J connectivity index is 2.03. The fourth-order valence-electron chi connectivity index (χ4n) is 1.75. The molecule has 0 saturated carbocycles. The first-order chi connectivity index (χ1) is 6.68. The SMILES string of the molecule is CN1CCCC(NCCOC(N)=O)C1. The summed E-state index contributed by atoms with van der Waals surface area (Å²) in [5, 5.41) is 3.33. The molecule has 1 aliphatic rings. The number of nitrogens with two attached hydrogens (primary N) is 1. The van der Waals surface area contributed by atoms with Crippen molar-refractivity contribution in [2.45, 2.75) is 18.9 Å². The largest absolute Gasteiger partial charge is 0.448 e. The molecule has 1 saturated heterocycles. The minimum absolute atomic E-state index is 0.357. The third-order valence-electron chi connectivity index (χ3n) is 2.40. The van der Waals surface area contributed by atoms with Gasteiger partial charge in [-0.1, -0.05) is 0 Å². The van der Waals surface area contributed by atoms with E-state index in [9.17, 15) is 4.79 Å². The van der Waals surface area contributed by atoms with Gasteiger partial charge in [0, 0.05) is 19.1 Å². The number of primary amides is 1. The van der Waals surface area contributed by atoms with E-state index in [-0.39, 0.29) is 0 Å². The highest BCUT2D eigenvalue weighted by Gasteiger charge is 2.15. The van der Waals surface area contributed by atoms with E-state index >= 15 is 0 Å². The van der Waals surface area contributed by atoms with E-state index in [0.717, 1.165) is 6.54 Å². The average molecular weight is 201 g/mol. The van der Waals surface area contributed by atoms with Crippen LogP contribution in [0.3, 0.4) is 0 Å². The summed E-state index contributed by atoms with van der Waals surface area (Å²) in [4.78, 5) is 12.6. The molecular weight excluding hydrogens is 182 g/mol. The quantitative estimate of drug-likeness (QED) is 0.616. The van der Waals surface area contributed by atoms with Crippen molar-refractivity contribution in [2.75, 3.05) is 33.3 Å². The molecule has 5 heteroatoms. The number of rotatable bonds is 4. The first kappa shape index (κ1) is 11.3. The van der Waals surface area contributed by atoms with Crippen molar-refractivity contribution in [3.05, 3.63) is 0 Å². The number of carbonyl (C=O) groups excluding carboxylic acids is 1. The number of hydrogen-bond donors (Lipinski definition) is 2. The van der Waals surface area contributed by atoms with Crippen LogP contribution in [0.25, 0.3) is 0 Å². The summed E-state index contributed by atoms with van der Waals surface area (Å²) in [6.07, 6.45) is 1.72. The molecular formula is C9H19N3O2. The molecule has 1 rings (SSSR count). The van der Waals surface area contributed by atoms with E-state index in [0.29, 0.717) is 19.2 Å². The highest BCUT2D eigenvalue weighted by atomic mass is 16.5. The first-order valence-corrected chi connectivity index (χ1v) is 5.02. The standard InChI is InChI=1S/C9H19N3O2/c1-12-5-2-3-8(7-12)11-4-6-14-9(10)13/h8,11H,2-7H2,1H3,(H2,10,13). The van der Waals surface area contributed by atoms with Crippen LogP contribution in [0.5, 0.6) is 0 Å². The summed E-state index contributed by atoms with van der Waals surface area (Å²) in [5.74, 6) is 0. The fourth-order valence-corrected chi connectivity index (χ4v) is 1.75. The Kier molecular flexibility index (Phi) is 4.69. The maximum absolute atomic E-state index is 10.3. The van der Waals surface area contributed by atoms with Gasteiger partial charge in [0.25, 0.3) is 0 Å². The van der Waals surface area contributed by atoms with Gasteiger partial charge in [0.05, 0.1) is 0 Å². The number of nitrogens with one attached hydrogen (secondary N) is 1. The number of nitrogens with zero attached hydrogens (tertiary/aromatic N) is 1. The van der Waals surface area contributed by atoms with Crippen molar-refractivity contribution < 1.29 is 9.53 Å². The molecule has 82 valence electrons. The Hall–Kier alpha value is -0.810. The lowest BCUT2D eigenvalue weighted by atomic mass is 10.1. The second kappa shape index (κ2) is 5.82. The molecule has 0 radical (unpaired) electrons. The van der Waals surface area contributed by atoms with Gasteiger partial charge in [0.15, 0.2) is 0 Å². The summed E-state index contributed by atoms with van der Waals surface area (Å²) in [7, 11) is 2.12. The summed E-state index contributed by atoms with van der Waals surface area (Å²) in [6.45, 7) is 3.28. The molecule has 0 bridgehead atoms. The van der Waals surface area contributed by atoms with Crippen molar-refractivity contribution in [1.82, 2.24) is 10.2 Å². The third-order valence-corrected chi connectivity index (χ3v) is 2.40. The minimum atomic E-state index is -0.701. The molecule has 0 aromatic rings. The fraction of sp³-hybridized carbons (Fsp3) is 0.889. The summed E-state index contributed by atoms with van der Waals surface area (Å²) >= 11 is 0. The Morgan fingerprint density at radius 2 is 2.50 bits per heavy atom. The molecule has 5 nitrogen and oxygen atoms in total. The smallest absolute Gasteiger partial charge is 0.404 e. The maximum Gasteiger partial charge on any atom is 0.404 e. The van der Waals surface area contributed by atoms with Gasteiger partial charge in [-0.3, -0.25) is 0 Å². The second-order valence-corrected chi connectivity index (χ2v) is 3.72. The minimum Gasteiger partial charge on any atom is -0.448 e. The highest BCUT2D eigenvalue weighted by Crippen LogP contribution is 2.07. The summed E-state index contributed by atoms with van der Waals surface area (Å²) in [5.41, 5.74) is 4.84. The molecule has 0 aliphatic carbocycles. The summed E-state index contributed by atoms with van der Waals surface area (Å²) < 4.78 is 4.62. The lowest BCUT2D eigenvalue weighted by molar-refractivity contribution is 0.152. The lowest BCUT2D eigenvalue weighted by Gasteiger charge is -2.30. The van der Waals surface area contributed by atoms with Crippen molar-refractivity contribution >= 4 is 6.09 Å². The van der Waals surface area contributed by atoms with Gasteiger partial charge in [0.1, 0.15) is 6.61 Å². The van der Waals surface area contributed by atoms with Crippen molar-refractivity contribution in [2.24, 2.45) is 5.73 Å². The molecule has 3 N–H and O–H groups in total. The monoisotopic (exact) mass is 201 g/mol. The number of piperidine rings is 1. The zero-order chi connectivity index (χ0) is 10.4. The topological polar surface area (TPSA) is 67.6 Å². The van der Waals surface area contributed by atoms with E-state index in [1.807, 2.05) is 0 Å². The zero-order valence-corrected chi connectivity index (χ0v) is 8.66. The normalized spacial score (nSPS) is 23.4. The number of likely N-dealkylation sites (N-methyl/N-ethyl adjacent to an activating group) is 1. The van der Waals surface area contributed by atoms with E-state index in [1.54, 1.807) is 0 Å². The van der Waals surface area contributed by atoms with Crippen LogP contribution < -0.4 is 11.1 Å². The highest BCUT2D eigenvalue weighted by molar-refractivity contribution is 5.64. The number of carbonyl (C=O) groups is 1. The molecule has 1 atom stereocenters. The van der Waals surface area contributed by atoms with Crippen molar-refractivity contribution in [1.29, 1.82) is 0 Å². The Bertz CT molecular complexity index is 187. The van der Waals surface area contributed by atoms with Crippen LogP contribution in [0, 0.1) is 0 Å². The molecule has 1 unspecified atom stereocenters. The van der Waals surface area contributed by atoms with E-state index < -0.39 is 6.09 Å². The van der Waals surface area contributed by atoms with Crippen LogP contribution >= 0.6 is 0 Å². The van der Waals surface area contributed by atoms with Crippen LogP contribution in [0.15, 0.2) is 0 Å². The van der Waals surface area contributed by atoms with Gasteiger partial charge >= 0.3 is 6.09 Å². The Morgan fingerprint density at radius 3 is 3.14 bits per heavy atom. The van der Waals surface area contributed by atoms with Crippen LogP contribution in [0.2, 0.25) is 0 Å². The predicted molar refractivity (Wildman–Crippen MR) is 54.1 cm³/mol. The molecule has 1 heterocycles. The summed E-state index contributed by atoms with van der Waals surface area (Å²) in [6, 6.07) is 0.519. The number of hydrogen-bond acceptors (Lipinski definition) is 4. The third kappa shape index (κ3) is 4.43. The average Bonchev–Trinajstić information content (AvgIpc) is 2.12. The number of likely N-dealkylation sites (tertiary alicyclic amines) is 1. The Morgan fingerprint density at radius 1 is 1.71 bits per heavy atom. The van der Waals surface area contributed by atoms with Gasteiger partial charge in [-0.25, -0.2) is 4.79 Å². The van der Waals surface area contributed by atoms with Crippen LogP contribution in [0.4, 0.5) is 4.79 Å². The van der Waals surface area contributed by atoms with E-state index in [2.05, 4.69) is 22.0 Å². The molecule has 0 spiro atoms.